The van der Waals surface area contributed by atoms with Gasteiger partial charge < -0.3 is 0 Å². The molecular formula is C15H16BN3O. The van der Waals surface area contributed by atoms with Crippen LogP contribution in [-0.4, -0.2) is 28.4 Å². The maximum Gasteiger partial charge on any atom is 0.217 e. The van der Waals surface area contributed by atoms with E-state index < -0.39 is 0 Å². The fourth-order valence-corrected chi connectivity index (χ4v) is 3.03. The zero-order chi connectivity index (χ0) is 13.7. The second-order valence-electron chi connectivity index (χ2n) is 5.94. The van der Waals surface area contributed by atoms with Crippen molar-refractivity contribution in [2.24, 2.45) is 5.92 Å². The third-order valence-electron chi connectivity index (χ3n) is 4.32. The van der Waals surface area contributed by atoms with Gasteiger partial charge in [0.1, 0.15) is 13.7 Å². The monoisotopic (exact) mass is 265 g/mol. The van der Waals surface area contributed by atoms with Crippen molar-refractivity contribution in [3.05, 3.63) is 47.5 Å². The Kier molecular flexibility index (Phi) is 2.55. The van der Waals surface area contributed by atoms with Gasteiger partial charge >= 0.3 is 0 Å². The first-order chi connectivity index (χ1) is 9.74. The molecule has 5 heteroatoms. The van der Waals surface area contributed by atoms with Crippen LogP contribution in [0.5, 0.6) is 0 Å². The minimum atomic E-state index is 0.130. The van der Waals surface area contributed by atoms with Crippen molar-refractivity contribution in [2.75, 3.05) is 0 Å². The van der Waals surface area contributed by atoms with Gasteiger partial charge in [0.25, 0.3) is 0 Å². The van der Waals surface area contributed by atoms with Crippen LogP contribution in [-0.2, 0) is 0 Å². The van der Waals surface area contributed by atoms with E-state index in [0.29, 0.717) is 11.6 Å². The molecule has 2 atom stereocenters. The molecule has 1 aliphatic heterocycles. The second-order valence-corrected chi connectivity index (χ2v) is 5.94. The summed E-state index contributed by atoms with van der Waals surface area (Å²) in [7, 11) is 2.16. The van der Waals surface area contributed by atoms with Crippen LogP contribution < -0.4 is 0 Å². The summed E-state index contributed by atoms with van der Waals surface area (Å²) in [5, 5.41) is 4.52. The van der Waals surface area contributed by atoms with Gasteiger partial charge in [-0.15, -0.1) is 5.10 Å². The van der Waals surface area contributed by atoms with Crippen LogP contribution in [0, 0.1) is 5.92 Å². The van der Waals surface area contributed by atoms with E-state index in [2.05, 4.69) is 30.1 Å². The molecule has 1 saturated carbocycles. The number of benzene rings is 1. The largest absolute Gasteiger partial charge is 0.290 e. The predicted octanol–water partition coefficient (Wildman–Crippen LogP) is 1.54. The van der Waals surface area contributed by atoms with Gasteiger partial charge in [-0.2, -0.15) is 0 Å². The van der Waals surface area contributed by atoms with Crippen LogP contribution in [0.3, 0.4) is 0 Å². The Balaban J connectivity index is 1.72. The van der Waals surface area contributed by atoms with Crippen molar-refractivity contribution < 1.29 is 4.79 Å². The molecule has 1 aromatic carbocycles. The summed E-state index contributed by atoms with van der Waals surface area (Å²) in [6.45, 7) is 0. The molecule has 2 unspecified atom stereocenters. The molecule has 2 aliphatic rings. The van der Waals surface area contributed by atoms with Gasteiger partial charge in [0.2, 0.25) is 11.6 Å². The third kappa shape index (κ3) is 1.80. The highest BCUT2D eigenvalue weighted by molar-refractivity contribution is 6.12. The van der Waals surface area contributed by atoms with Gasteiger partial charge in [-0.3, -0.25) is 4.79 Å². The van der Waals surface area contributed by atoms with E-state index in [1.165, 1.54) is 5.56 Å². The maximum absolute atomic E-state index is 12.1. The zero-order valence-electron chi connectivity index (χ0n) is 11.5. The van der Waals surface area contributed by atoms with Crippen LogP contribution in [0.25, 0.3) is 0 Å². The molecule has 0 saturated heterocycles. The van der Waals surface area contributed by atoms with Crippen molar-refractivity contribution in [3.63, 3.8) is 0 Å². The van der Waals surface area contributed by atoms with E-state index in [9.17, 15) is 4.79 Å². The van der Waals surface area contributed by atoms with Gasteiger partial charge in [0.15, 0.2) is 0 Å². The average Bonchev–Trinajstić information content (AvgIpc) is 3.15. The highest BCUT2D eigenvalue weighted by Gasteiger charge is 2.37. The molecule has 100 valence electrons. The summed E-state index contributed by atoms with van der Waals surface area (Å²) >= 11 is 0. The number of aromatic nitrogens is 3. The lowest BCUT2D eigenvalue weighted by Gasteiger charge is -2.11. The highest BCUT2D eigenvalue weighted by Crippen LogP contribution is 2.38. The molecule has 4 nitrogen and oxygen atoms in total. The second kappa shape index (κ2) is 4.30. The van der Waals surface area contributed by atoms with Crippen molar-refractivity contribution in [2.45, 2.75) is 31.1 Å². The normalized spacial score (nSPS) is 24.6. The summed E-state index contributed by atoms with van der Waals surface area (Å²) in [6.07, 6.45) is 3.01. The van der Waals surface area contributed by atoms with E-state index in [1.807, 2.05) is 22.9 Å². The number of carbonyl (C=O) groups is 1. The molecule has 2 heterocycles. The summed E-state index contributed by atoms with van der Waals surface area (Å²) < 4.78 is 1.97. The van der Waals surface area contributed by atoms with E-state index in [1.54, 1.807) is 0 Å². The Morgan fingerprint density at radius 1 is 1.25 bits per heavy atom. The van der Waals surface area contributed by atoms with E-state index in [4.69, 9.17) is 0 Å². The number of fused-ring (bicyclic) bond motifs is 1. The smallest absolute Gasteiger partial charge is 0.217 e. The van der Waals surface area contributed by atoms with Gasteiger partial charge in [-0.1, -0.05) is 30.3 Å². The lowest BCUT2D eigenvalue weighted by atomic mass is 9.83. The predicted molar refractivity (Wildman–Crippen MR) is 77.6 cm³/mol. The summed E-state index contributed by atoms with van der Waals surface area (Å²) in [5.41, 5.74) is 1.24. The number of hydrogen-bond acceptors (Lipinski definition) is 3. The first-order valence-electron chi connectivity index (χ1n) is 7.29. The first-order valence-corrected chi connectivity index (χ1v) is 7.29. The number of hydrogen-bond donors (Lipinski definition) is 0. The molecule has 0 bridgehead atoms. The first kappa shape index (κ1) is 11.9. The van der Waals surface area contributed by atoms with Crippen molar-refractivity contribution in [1.29, 1.82) is 0 Å². The molecule has 0 spiro atoms. The highest BCUT2D eigenvalue weighted by atomic mass is 16.1. The quantitative estimate of drug-likeness (QED) is 0.624. The Labute approximate surface area is 118 Å². The van der Waals surface area contributed by atoms with Gasteiger partial charge in [-0.25, -0.2) is 9.67 Å². The number of ketones is 1. The number of rotatable bonds is 3. The zero-order valence-corrected chi connectivity index (χ0v) is 11.5. The van der Waals surface area contributed by atoms with Gasteiger partial charge in [-0.05, 0) is 30.6 Å². The topological polar surface area (TPSA) is 47.8 Å². The van der Waals surface area contributed by atoms with Gasteiger partial charge in [0.05, 0.1) is 6.04 Å². The fraction of sp³-hybridized carbons (Fsp3) is 0.400. The molecule has 2 aromatic rings. The lowest BCUT2D eigenvalue weighted by molar-refractivity contribution is 0.0957. The maximum atomic E-state index is 12.1. The molecule has 0 radical (unpaired) electrons. The number of carbonyl (C=O) groups excluding carboxylic acids is 1. The van der Waals surface area contributed by atoms with Crippen LogP contribution in [0.4, 0.5) is 0 Å². The van der Waals surface area contributed by atoms with E-state index in [-0.39, 0.29) is 17.7 Å². The van der Waals surface area contributed by atoms with Crippen molar-refractivity contribution >= 4 is 13.6 Å². The SMILES string of the molecule is BC1CC(c2ccccc2)n2nc(C(=O)C3CC3)nc21. The molecule has 0 amide bonds. The van der Waals surface area contributed by atoms with Crippen molar-refractivity contribution in [1.82, 2.24) is 14.8 Å². The standard InChI is InChI=1S/C15H16BN3O/c16-11-8-12(9-4-2-1-3-5-9)19-15(11)17-14(18-19)13(20)10-6-7-10/h1-5,10-12H,6-8,16H2. The molecule has 1 aliphatic carbocycles. The summed E-state index contributed by atoms with van der Waals surface area (Å²) in [6, 6.07) is 10.6. The van der Waals surface area contributed by atoms with Crippen LogP contribution >= 0.6 is 0 Å². The minimum Gasteiger partial charge on any atom is -0.290 e. The molecule has 4 rings (SSSR count). The Morgan fingerprint density at radius 3 is 2.70 bits per heavy atom. The molecule has 1 fully saturated rings. The summed E-state index contributed by atoms with van der Waals surface area (Å²) in [4.78, 5) is 16.6. The van der Waals surface area contributed by atoms with Crippen molar-refractivity contribution in [3.8, 4) is 0 Å². The minimum absolute atomic E-state index is 0.130. The number of Topliss-reactive ketones (excluding diaryl/α,β-unsaturated/α-hetero) is 1. The molecule has 20 heavy (non-hydrogen) atoms. The van der Waals surface area contributed by atoms with E-state index in [0.717, 1.165) is 25.1 Å². The van der Waals surface area contributed by atoms with Crippen LogP contribution in [0.1, 0.15) is 53.1 Å². The third-order valence-corrected chi connectivity index (χ3v) is 4.32. The Bertz CT molecular complexity index is 663. The fourth-order valence-electron chi connectivity index (χ4n) is 3.03. The van der Waals surface area contributed by atoms with E-state index >= 15 is 0 Å². The Morgan fingerprint density at radius 2 is 2.00 bits per heavy atom. The molecule has 1 aromatic heterocycles. The Hall–Kier alpha value is -1.91. The van der Waals surface area contributed by atoms with Gasteiger partial charge in [0, 0.05) is 5.92 Å². The summed E-state index contributed by atoms with van der Waals surface area (Å²) in [5.74, 6) is 2.06. The molecule has 0 N–H and O–H groups in total. The average molecular weight is 265 g/mol. The van der Waals surface area contributed by atoms with Crippen LogP contribution in [0.15, 0.2) is 30.3 Å². The number of nitrogens with zero attached hydrogens (tertiary/aromatic N) is 3. The van der Waals surface area contributed by atoms with Crippen LogP contribution in [0.2, 0.25) is 0 Å². The molecular weight excluding hydrogens is 249 g/mol. The lowest BCUT2D eigenvalue weighted by Crippen LogP contribution is -2.10.